The highest BCUT2D eigenvalue weighted by molar-refractivity contribution is 6.02. The number of carbonyl (C=O) groups is 1. The molecule has 0 bridgehead atoms. The summed E-state index contributed by atoms with van der Waals surface area (Å²) < 4.78 is 72.7. The Morgan fingerprint density at radius 1 is 0.909 bits per heavy atom. The number of carbonyl (C=O) groups excluding carboxylic acids is 1. The minimum Gasteiger partial charge on any atom is -0.497 e. The van der Waals surface area contributed by atoms with Gasteiger partial charge in [-0.2, -0.15) is 13.2 Å². The molecule has 1 fully saturated rings. The Labute approximate surface area is 254 Å². The Morgan fingerprint density at radius 2 is 1.59 bits per heavy atom. The molecule has 44 heavy (non-hydrogen) atoms. The van der Waals surface area contributed by atoms with Crippen molar-refractivity contribution in [2.24, 2.45) is 4.99 Å². The molecular weight excluding hydrogens is 580 g/mol. The van der Waals surface area contributed by atoms with Crippen LogP contribution in [0.15, 0.2) is 65.7 Å². The van der Waals surface area contributed by atoms with E-state index in [4.69, 9.17) is 14.2 Å². The lowest BCUT2D eigenvalue weighted by Crippen LogP contribution is -2.55. The minimum absolute atomic E-state index is 0.0267. The molecule has 1 saturated heterocycles. The predicted molar refractivity (Wildman–Crippen MR) is 161 cm³/mol. The summed E-state index contributed by atoms with van der Waals surface area (Å²) in [5, 5.41) is 0. The van der Waals surface area contributed by atoms with Crippen molar-refractivity contribution in [2.75, 3.05) is 57.3 Å². The first kappa shape index (κ1) is 32.4. The van der Waals surface area contributed by atoms with Gasteiger partial charge in [-0.05, 0) is 36.4 Å². The number of aliphatic imine (C=N–C) groups is 1. The van der Waals surface area contributed by atoms with E-state index in [2.05, 4.69) is 9.89 Å². The first-order valence-corrected chi connectivity index (χ1v) is 14.3. The average Bonchev–Trinajstić information content (AvgIpc) is 3.05. The van der Waals surface area contributed by atoms with Crippen LogP contribution in [0.25, 0.3) is 0 Å². The van der Waals surface area contributed by atoms with Gasteiger partial charge in [-0.3, -0.25) is 4.79 Å². The fourth-order valence-electron chi connectivity index (χ4n) is 5.32. The van der Waals surface area contributed by atoms with E-state index in [1.165, 1.54) is 37.3 Å². The van der Waals surface area contributed by atoms with E-state index in [1.807, 2.05) is 43.0 Å². The number of fused-ring (bicyclic) bond motifs is 1. The lowest BCUT2D eigenvalue weighted by Gasteiger charge is -2.45. The molecule has 0 aromatic heterocycles. The van der Waals surface area contributed by atoms with E-state index >= 15 is 4.39 Å². The summed E-state index contributed by atoms with van der Waals surface area (Å²) in [6.45, 7) is 5.93. The zero-order valence-electron chi connectivity index (χ0n) is 25.3. The number of hydrogen-bond donors (Lipinski definition) is 0. The number of benzene rings is 3. The zero-order valence-corrected chi connectivity index (χ0v) is 25.3. The third-order valence-corrected chi connectivity index (χ3v) is 7.45. The van der Waals surface area contributed by atoms with Gasteiger partial charge in [0.2, 0.25) is 5.96 Å². The maximum Gasteiger partial charge on any atom is 0.416 e. The molecule has 0 radical (unpaired) electrons. The number of para-hydroxylation sites is 1. The van der Waals surface area contributed by atoms with Crippen LogP contribution in [0.4, 0.5) is 34.6 Å². The normalized spacial score (nSPS) is 16.3. The molecular formula is C32H36F4N4O4. The minimum atomic E-state index is -4.64. The molecule has 5 rings (SSSR count). The molecule has 3 aromatic carbocycles. The molecule has 236 valence electrons. The highest BCUT2D eigenvalue weighted by atomic mass is 19.4. The van der Waals surface area contributed by atoms with Gasteiger partial charge in [0.25, 0.3) is 0 Å². The summed E-state index contributed by atoms with van der Waals surface area (Å²) in [5.74, 6) is -0.155. The number of anilines is 2. The van der Waals surface area contributed by atoms with E-state index in [9.17, 15) is 18.0 Å². The number of ether oxygens (including phenoxy) is 3. The first-order chi connectivity index (χ1) is 21.1. The highest BCUT2D eigenvalue weighted by Gasteiger charge is 2.40. The van der Waals surface area contributed by atoms with Crippen molar-refractivity contribution < 1.29 is 36.6 Å². The zero-order chi connectivity index (χ0) is 32.0. The molecule has 0 amide bonds. The average molecular weight is 617 g/mol. The topological polar surface area (TPSA) is 66.8 Å². The predicted octanol–water partition coefficient (Wildman–Crippen LogP) is 6.82. The van der Waals surface area contributed by atoms with Crippen LogP contribution in [0.2, 0.25) is 0 Å². The Morgan fingerprint density at radius 3 is 2.23 bits per heavy atom. The van der Waals surface area contributed by atoms with Crippen LogP contribution in [0.1, 0.15) is 37.4 Å². The van der Waals surface area contributed by atoms with Crippen LogP contribution < -0.4 is 19.3 Å². The number of hydrogen-bond acceptors (Lipinski definition) is 8. The van der Waals surface area contributed by atoms with Gasteiger partial charge < -0.3 is 28.9 Å². The van der Waals surface area contributed by atoms with Crippen LogP contribution >= 0.6 is 0 Å². The number of alkyl halides is 3. The van der Waals surface area contributed by atoms with Crippen molar-refractivity contribution in [1.82, 2.24) is 4.90 Å². The first-order valence-electron chi connectivity index (χ1n) is 14.3. The van der Waals surface area contributed by atoms with Crippen LogP contribution in [0.3, 0.4) is 0 Å². The van der Waals surface area contributed by atoms with Crippen molar-refractivity contribution >= 4 is 29.0 Å². The molecule has 1 atom stereocenters. The van der Waals surface area contributed by atoms with Crippen molar-refractivity contribution in [3.05, 3.63) is 77.6 Å². The van der Waals surface area contributed by atoms with Crippen LogP contribution in [0, 0.1) is 5.82 Å². The summed E-state index contributed by atoms with van der Waals surface area (Å²) in [6.07, 6.45) is -4.91. The largest absolute Gasteiger partial charge is 0.497 e. The number of methoxy groups -OCH3 is 3. The van der Waals surface area contributed by atoms with Gasteiger partial charge in [-0.15, -0.1) is 0 Å². The maximum absolute atomic E-state index is 15.2. The summed E-state index contributed by atoms with van der Waals surface area (Å²) in [4.78, 5) is 22.9. The second-order valence-electron chi connectivity index (χ2n) is 9.82. The molecule has 0 aliphatic carbocycles. The lowest BCUT2D eigenvalue weighted by molar-refractivity contribution is -0.141. The third kappa shape index (κ3) is 6.68. The summed E-state index contributed by atoms with van der Waals surface area (Å²) in [5.41, 5.74) is 0.473. The summed E-state index contributed by atoms with van der Waals surface area (Å²) in [6, 6.07) is 14.2. The molecule has 2 aliphatic rings. The van der Waals surface area contributed by atoms with E-state index in [-0.39, 0.29) is 29.5 Å². The van der Waals surface area contributed by atoms with Gasteiger partial charge in [0.05, 0.1) is 45.0 Å². The van der Waals surface area contributed by atoms with E-state index in [0.717, 1.165) is 17.8 Å². The summed E-state index contributed by atoms with van der Waals surface area (Å²) >= 11 is 0. The summed E-state index contributed by atoms with van der Waals surface area (Å²) in [7, 11) is 4.17. The number of halogens is 4. The highest BCUT2D eigenvalue weighted by Crippen LogP contribution is 2.46. The van der Waals surface area contributed by atoms with Gasteiger partial charge in [-0.25, -0.2) is 9.38 Å². The fraction of sp³-hybridized carbons (Fsp3) is 0.375. The molecule has 3 aromatic rings. The van der Waals surface area contributed by atoms with Crippen LogP contribution in [0.5, 0.6) is 11.5 Å². The van der Waals surface area contributed by atoms with Gasteiger partial charge in [0.1, 0.15) is 23.0 Å². The van der Waals surface area contributed by atoms with E-state index in [1.54, 1.807) is 13.2 Å². The Kier molecular flexibility index (Phi) is 10.2. The molecule has 2 heterocycles. The lowest BCUT2D eigenvalue weighted by atomic mass is 9.96. The fourth-order valence-corrected chi connectivity index (χ4v) is 5.32. The van der Waals surface area contributed by atoms with Gasteiger partial charge >= 0.3 is 12.1 Å². The Bertz CT molecular complexity index is 1490. The van der Waals surface area contributed by atoms with Crippen LogP contribution in [-0.2, 0) is 15.7 Å². The molecule has 8 nitrogen and oxygen atoms in total. The SMILES string of the molecule is CC.COC(=O)CC1c2cccc(F)c2N=C(N2CCN(c3cccc(OC)c3)CC2)N1c1cc(C(F)(F)F)ccc1OC. The molecule has 0 spiro atoms. The van der Waals surface area contributed by atoms with Crippen molar-refractivity contribution in [3.8, 4) is 11.5 Å². The number of piperazine rings is 1. The number of rotatable bonds is 6. The Balaban J connectivity index is 0.00000216. The molecule has 2 aliphatic heterocycles. The van der Waals surface area contributed by atoms with E-state index in [0.29, 0.717) is 37.5 Å². The Hall–Kier alpha value is -4.48. The molecule has 12 heteroatoms. The number of guanidine groups is 1. The van der Waals surface area contributed by atoms with E-state index < -0.39 is 29.6 Å². The van der Waals surface area contributed by atoms with Gasteiger partial charge in [-0.1, -0.05) is 32.0 Å². The third-order valence-electron chi connectivity index (χ3n) is 7.45. The van der Waals surface area contributed by atoms with Crippen molar-refractivity contribution in [1.29, 1.82) is 0 Å². The van der Waals surface area contributed by atoms with Crippen molar-refractivity contribution in [2.45, 2.75) is 32.5 Å². The molecule has 0 saturated carbocycles. The molecule has 0 N–H and O–H groups in total. The number of nitrogens with zero attached hydrogens (tertiary/aromatic N) is 4. The van der Waals surface area contributed by atoms with Crippen molar-refractivity contribution in [3.63, 3.8) is 0 Å². The van der Waals surface area contributed by atoms with Crippen LogP contribution in [-0.4, -0.2) is 64.3 Å². The standard InChI is InChI=1S/C30H30F4N4O4.C2H6/c1-40-21-7-4-6-20(17-21)36-12-14-37(15-13-36)29-35-28-22(8-5-9-23(28)31)24(18-27(39)42-3)38(29)25-16-19(30(32,33)34)10-11-26(25)41-2;1-2/h4-11,16-17,24H,12-15,18H2,1-3H3;1-2H3. The quantitative estimate of drug-likeness (QED) is 0.222. The second kappa shape index (κ2) is 13.9. The second-order valence-corrected chi connectivity index (χ2v) is 9.82. The molecule has 1 unspecified atom stereocenters. The number of esters is 1. The van der Waals surface area contributed by atoms with Gasteiger partial charge in [0, 0.05) is 43.5 Å². The van der Waals surface area contributed by atoms with Gasteiger partial charge in [0.15, 0.2) is 0 Å². The monoisotopic (exact) mass is 616 g/mol. The maximum atomic E-state index is 15.2. The smallest absolute Gasteiger partial charge is 0.416 e.